The van der Waals surface area contributed by atoms with Gasteiger partial charge in [-0.1, -0.05) is 71.8 Å². The van der Waals surface area contributed by atoms with Gasteiger partial charge in [-0.15, -0.1) is 0 Å². The Morgan fingerprint density at radius 2 is 1.79 bits per heavy atom. The van der Waals surface area contributed by atoms with Gasteiger partial charge in [-0.3, -0.25) is 0 Å². The Kier molecular flexibility index (Phi) is 6.87. The van der Waals surface area contributed by atoms with Gasteiger partial charge < -0.3 is 10.1 Å². The predicted molar refractivity (Wildman–Crippen MR) is 123 cm³/mol. The SMILES string of the molecule is Clc1ccccc1COc1ccc2ccccc2c1CNCCC1=CCCCC1. The van der Waals surface area contributed by atoms with E-state index in [-0.39, 0.29) is 0 Å². The molecule has 4 rings (SSSR count). The third-order valence-corrected chi connectivity index (χ3v) is 6.02. The summed E-state index contributed by atoms with van der Waals surface area (Å²) in [5, 5.41) is 6.87. The van der Waals surface area contributed by atoms with Gasteiger partial charge in [0.25, 0.3) is 0 Å². The topological polar surface area (TPSA) is 21.3 Å². The summed E-state index contributed by atoms with van der Waals surface area (Å²) in [4.78, 5) is 0. The van der Waals surface area contributed by atoms with Crippen LogP contribution < -0.4 is 10.1 Å². The molecule has 0 unspecified atom stereocenters. The number of fused-ring (bicyclic) bond motifs is 1. The quantitative estimate of drug-likeness (QED) is 0.320. The Bertz CT molecular complexity index is 995. The lowest BCUT2D eigenvalue weighted by molar-refractivity contribution is 0.303. The van der Waals surface area contributed by atoms with Crippen LogP contribution in [0.4, 0.5) is 0 Å². The molecule has 0 amide bonds. The van der Waals surface area contributed by atoms with Crippen LogP contribution >= 0.6 is 11.6 Å². The molecule has 150 valence electrons. The second-order valence-corrected chi connectivity index (χ2v) is 8.09. The molecule has 0 fully saturated rings. The third kappa shape index (κ3) is 5.20. The Balaban J connectivity index is 1.48. The second kappa shape index (κ2) is 9.96. The van der Waals surface area contributed by atoms with Gasteiger partial charge in [0.2, 0.25) is 0 Å². The van der Waals surface area contributed by atoms with Crippen LogP contribution in [0.3, 0.4) is 0 Å². The molecule has 1 aliphatic rings. The number of halogens is 1. The monoisotopic (exact) mass is 405 g/mol. The van der Waals surface area contributed by atoms with Crippen LogP contribution in [0.15, 0.2) is 72.3 Å². The van der Waals surface area contributed by atoms with E-state index in [2.05, 4.69) is 47.8 Å². The molecular formula is C26H28ClNO. The van der Waals surface area contributed by atoms with Crippen LogP contribution in [-0.4, -0.2) is 6.54 Å². The molecule has 1 N–H and O–H groups in total. The fourth-order valence-electron chi connectivity index (χ4n) is 4.00. The third-order valence-electron chi connectivity index (χ3n) is 5.65. The van der Waals surface area contributed by atoms with Crippen molar-refractivity contribution in [3.05, 3.63) is 88.5 Å². The zero-order valence-corrected chi connectivity index (χ0v) is 17.5. The van der Waals surface area contributed by atoms with Gasteiger partial charge >= 0.3 is 0 Å². The molecule has 3 aromatic rings. The van der Waals surface area contributed by atoms with Crippen molar-refractivity contribution in [2.24, 2.45) is 0 Å². The summed E-state index contributed by atoms with van der Waals surface area (Å²) < 4.78 is 6.22. The van der Waals surface area contributed by atoms with Gasteiger partial charge in [0.1, 0.15) is 12.4 Å². The van der Waals surface area contributed by atoms with E-state index in [0.29, 0.717) is 6.61 Å². The van der Waals surface area contributed by atoms with E-state index < -0.39 is 0 Å². The zero-order valence-electron chi connectivity index (χ0n) is 16.8. The van der Waals surface area contributed by atoms with Gasteiger partial charge in [-0.05, 0) is 61.6 Å². The van der Waals surface area contributed by atoms with Crippen molar-refractivity contribution in [2.45, 2.75) is 45.3 Å². The molecule has 0 saturated carbocycles. The maximum absolute atomic E-state index is 6.30. The summed E-state index contributed by atoms with van der Waals surface area (Å²) in [6.07, 6.45) is 8.77. The maximum atomic E-state index is 6.30. The first kappa shape index (κ1) is 20.0. The lowest BCUT2D eigenvalue weighted by Gasteiger charge is -2.17. The largest absolute Gasteiger partial charge is 0.488 e. The number of benzene rings is 3. The number of hydrogen-bond donors (Lipinski definition) is 1. The van der Waals surface area contributed by atoms with E-state index in [9.17, 15) is 0 Å². The highest BCUT2D eigenvalue weighted by Crippen LogP contribution is 2.29. The summed E-state index contributed by atoms with van der Waals surface area (Å²) >= 11 is 6.30. The number of allylic oxidation sites excluding steroid dienone is 1. The van der Waals surface area contributed by atoms with E-state index in [1.807, 2.05) is 24.3 Å². The molecule has 0 saturated heterocycles. The minimum atomic E-state index is 0.470. The first-order valence-electron chi connectivity index (χ1n) is 10.6. The van der Waals surface area contributed by atoms with Crippen molar-refractivity contribution in [1.29, 1.82) is 0 Å². The molecule has 0 heterocycles. The molecule has 3 aromatic carbocycles. The van der Waals surface area contributed by atoms with Gasteiger partial charge in [-0.2, -0.15) is 0 Å². The lowest BCUT2D eigenvalue weighted by atomic mass is 9.97. The molecule has 29 heavy (non-hydrogen) atoms. The van der Waals surface area contributed by atoms with Crippen LogP contribution in [-0.2, 0) is 13.2 Å². The minimum Gasteiger partial charge on any atom is -0.488 e. The molecule has 0 spiro atoms. The average Bonchev–Trinajstić information content (AvgIpc) is 2.77. The molecule has 0 aromatic heterocycles. The van der Waals surface area contributed by atoms with Gasteiger partial charge in [0.15, 0.2) is 0 Å². The van der Waals surface area contributed by atoms with Crippen LogP contribution in [0.5, 0.6) is 5.75 Å². The summed E-state index contributed by atoms with van der Waals surface area (Å²) in [6, 6.07) is 20.6. The molecule has 0 radical (unpaired) electrons. The highest BCUT2D eigenvalue weighted by Gasteiger charge is 2.10. The van der Waals surface area contributed by atoms with E-state index in [1.54, 1.807) is 5.57 Å². The number of hydrogen-bond acceptors (Lipinski definition) is 2. The van der Waals surface area contributed by atoms with Crippen molar-refractivity contribution in [3.63, 3.8) is 0 Å². The zero-order chi connectivity index (χ0) is 19.9. The highest BCUT2D eigenvalue weighted by molar-refractivity contribution is 6.31. The minimum absolute atomic E-state index is 0.470. The van der Waals surface area contributed by atoms with Crippen LogP contribution in [0.1, 0.15) is 43.2 Å². The fourth-order valence-corrected chi connectivity index (χ4v) is 4.19. The standard InChI is InChI=1S/C26H28ClNO/c27-25-13-7-5-11-22(25)19-29-26-15-14-21-10-4-6-12-23(21)24(26)18-28-17-16-20-8-2-1-3-9-20/h4-8,10-15,28H,1-3,9,16-19H2. The van der Waals surface area contributed by atoms with E-state index in [0.717, 1.165) is 35.8 Å². The molecule has 0 aliphatic heterocycles. The first-order chi connectivity index (χ1) is 14.3. The van der Waals surface area contributed by atoms with Crippen LogP contribution in [0, 0.1) is 0 Å². The van der Waals surface area contributed by atoms with Crippen molar-refractivity contribution in [1.82, 2.24) is 5.32 Å². The highest BCUT2D eigenvalue weighted by atomic mass is 35.5. The van der Waals surface area contributed by atoms with Crippen molar-refractivity contribution < 1.29 is 4.74 Å². The Labute approximate surface area is 178 Å². The van der Waals surface area contributed by atoms with Gasteiger partial charge in [0.05, 0.1) is 0 Å². The van der Waals surface area contributed by atoms with Crippen molar-refractivity contribution in [2.75, 3.05) is 6.54 Å². The van der Waals surface area contributed by atoms with E-state index in [4.69, 9.17) is 16.3 Å². The predicted octanol–water partition coefficient (Wildman–Crippen LogP) is 7.05. The lowest BCUT2D eigenvalue weighted by Crippen LogP contribution is -2.16. The summed E-state index contributed by atoms with van der Waals surface area (Å²) in [6.45, 7) is 2.27. The van der Waals surface area contributed by atoms with Crippen LogP contribution in [0.25, 0.3) is 10.8 Å². The summed E-state index contributed by atoms with van der Waals surface area (Å²) in [5.74, 6) is 0.924. The Morgan fingerprint density at radius 3 is 2.66 bits per heavy atom. The first-order valence-corrected chi connectivity index (χ1v) is 10.9. The Hall–Kier alpha value is -2.29. The van der Waals surface area contributed by atoms with E-state index in [1.165, 1.54) is 42.0 Å². The summed E-state index contributed by atoms with van der Waals surface area (Å²) in [5.41, 5.74) is 3.83. The molecule has 0 bridgehead atoms. The fraction of sp³-hybridized carbons (Fsp3) is 0.308. The van der Waals surface area contributed by atoms with Gasteiger partial charge in [-0.25, -0.2) is 0 Å². The van der Waals surface area contributed by atoms with Gasteiger partial charge in [0, 0.05) is 22.7 Å². The molecule has 0 atom stereocenters. The molecule has 1 aliphatic carbocycles. The van der Waals surface area contributed by atoms with Crippen LogP contribution in [0.2, 0.25) is 5.02 Å². The average molecular weight is 406 g/mol. The van der Waals surface area contributed by atoms with Crippen molar-refractivity contribution in [3.8, 4) is 5.75 Å². The number of nitrogens with one attached hydrogen (secondary N) is 1. The van der Waals surface area contributed by atoms with E-state index >= 15 is 0 Å². The second-order valence-electron chi connectivity index (χ2n) is 7.68. The molecule has 2 nitrogen and oxygen atoms in total. The molecular weight excluding hydrogens is 378 g/mol. The normalized spacial score (nSPS) is 14.0. The molecule has 3 heteroatoms. The van der Waals surface area contributed by atoms with Crippen molar-refractivity contribution >= 4 is 22.4 Å². The summed E-state index contributed by atoms with van der Waals surface area (Å²) in [7, 11) is 0. The Morgan fingerprint density at radius 1 is 0.931 bits per heavy atom. The number of rotatable bonds is 8. The smallest absolute Gasteiger partial charge is 0.124 e. The number of ether oxygens (including phenoxy) is 1. The maximum Gasteiger partial charge on any atom is 0.124 e.